The summed E-state index contributed by atoms with van der Waals surface area (Å²) in [6.07, 6.45) is 3.07. The molecule has 0 unspecified atom stereocenters. The minimum atomic E-state index is -3.48. The van der Waals surface area contributed by atoms with Crippen LogP contribution in [0.15, 0.2) is 53.4 Å². The smallest absolute Gasteiger partial charge is 0.207 e. The molecule has 0 heterocycles. The molecule has 0 radical (unpaired) electrons. The van der Waals surface area contributed by atoms with E-state index in [-0.39, 0.29) is 6.54 Å². The lowest BCUT2D eigenvalue weighted by Gasteiger charge is -2.22. The van der Waals surface area contributed by atoms with Gasteiger partial charge in [0.25, 0.3) is 0 Å². The molecule has 1 aliphatic rings. The summed E-state index contributed by atoms with van der Waals surface area (Å²) in [6.45, 7) is 0.265. The van der Waals surface area contributed by atoms with Crippen molar-refractivity contribution in [1.82, 2.24) is 4.31 Å². The molecule has 0 atom stereocenters. The number of hydrogen-bond acceptors (Lipinski definition) is 2. The summed E-state index contributed by atoms with van der Waals surface area (Å²) in [6, 6.07) is 15.2. The van der Waals surface area contributed by atoms with Crippen molar-refractivity contribution >= 4 is 27.7 Å². The number of halogens is 1. The predicted molar refractivity (Wildman–Crippen MR) is 94.6 cm³/mol. The van der Waals surface area contributed by atoms with Crippen LogP contribution in [0.1, 0.15) is 23.1 Å². The van der Waals surface area contributed by atoms with Crippen molar-refractivity contribution in [3.8, 4) is 0 Å². The van der Waals surface area contributed by atoms with Crippen LogP contribution >= 0.6 is 11.6 Å². The molecular formula is C18H18ClNO2S. The highest BCUT2D eigenvalue weighted by molar-refractivity contribution is 7.93. The Morgan fingerprint density at radius 2 is 1.74 bits per heavy atom. The zero-order valence-electron chi connectivity index (χ0n) is 12.9. The van der Waals surface area contributed by atoms with Gasteiger partial charge >= 0.3 is 0 Å². The van der Waals surface area contributed by atoms with Crippen LogP contribution in [0, 0.1) is 0 Å². The maximum absolute atomic E-state index is 12.8. The molecule has 3 nitrogen and oxygen atoms in total. The van der Waals surface area contributed by atoms with Crippen molar-refractivity contribution in [2.45, 2.75) is 19.4 Å². The Bertz CT molecular complexity index is 859. The molecule has 0 amide bonds. The van der Waals surface area contributed by atoms with Crippen LogP contribution in [0.25, 0.3) is 6.08 Å². The average Bonchev–Trinajstić information content (AvgIpc) is 2.56. The Labute approximate surface area is 142 Å². The molecule has 2 aromatic carbocycles. The predicted octanol–water partition coefficient (Wildman–Crippen LogP) is 4.09. The molecule has 0 saturated heterocycles. The van der Waals surface area contributed by atoms with Gasteiger partial charge in [-0.05, 0) is 41.7 Å². The van der Waals surface area contributed by atoms with E-state index in [1.54, 1.807) is 19.2 Å². The van der Waals surface area contributed by atoms with Crippen molar-refractivity contribution in [3.05, 3.63) is 75.1 Å². The fourth-order valence-corrected chi connectivity index (χ4v) is 4.30. The molecule has 0 fully saturated rings. The number of allylic oxidation sites excluding steroid dienone is 1. The second-order valence-corrected chi connectivity index (χ2v) is 8.17. The van der Waals surface area contributed by atoms with E-state index in [0.29, 0.717) is 16.3 Å². The Kier molecular flexibility index (Phi) is 4.57. The number of benzene rings is 2. The summed E-state index contributed by atoms with van der Waals surface area (Å²) in [5, 5.41) is 0.581. The van der Waals surface area contributed by atoms with Crippen molar-refractivity contribution < 1.29 is 8.42 Å². The number of aryl methyl sites for hydroxylation is 1. The lowest BCUT2D eigenvalue weighted by Crippen LogP contribution is -2.28. The average molecular weight is 348 g/mol. The van der Waals surface area contributed by atoms with E-state index in [4.69, 9.17) is 11.6 Å². The monoisotopic (exact) mass is 347 g/mol. The number of nitrogens with zero attached hydrogens (tertiary/aromatic N) is 1. The third kappa shape index (κ3) is 3.34. The summed E-state index contributed by atoms with van der Waals surface area (Å²) in [4.78, 5) is 0.464. The topological polar surface area (TPSA) is 37.4 Å². The first kappa shape index (κ1) is 16.2. The van der Waals surface area contributed by atoms with E-state index in [9.17, 15) is 8.42 Å². The molecule has 2 aromatic rings. The van der Waals surface area contributed by atoms with Crippen molar-refractivity contribution in [2.24, 2.45) is 0 Å². The number of fused-ring (bicyclic) bond motifs is 1. The highest BCUT2D eigenvalue weighted by atomic mass is 35.5. The minimum absolute atomic E-state index is 0.265. The van der Waals surface area contributed by atoms with E-state index < -0.39 is 10.0 Å². The van der Waals surface area contributed by atoms with Crippen LogP contribution in [-0.4, -0.2) is 19.8 Å². The van der Waals surface area contributed by atoms with Gasteiger partial charge in [0.2, 0.25) is 10.0 Å². The molecular weight excluding hydrogens is 330 g/mol. The van der Waals surface area contributed by atoms with Crippen LogP contribution in [-0.2, 0) is 23.0 Å². The highest BCUT2D eigenvalue weighted by Crippen LogP contribution is 2.29. The number of hydrogen-bond donors (Lipinski definition) is 0. The molecule has 0 saturated carbocycles. The van der Waals surface area contributed by atoms with Gasteiger partial charge in [-0.3, -0.25) is 0 Å². The van der Waals surface area contributed by atoms with Crippen LogP contribution < -0.4 is 0 Å². The molecule has 0 aliphatic heterocycles. The minimum Gasteiger partial charge on any atom is -0.207 e. The zero-order chi connectivity index (χ0) is 16.4. The van der Waals surface area contributed by atoms with Gasteiger partial charge < -0.3 is 0 Å². The van der Waals surface area contributed by atoms with E-state index in [1.165, 1.54) is 9.87 Å². The number of rotatable bonds is 4. The van der Waals surface area contributed by atoms with Gasteiger partial charge in [0, 0.05) is 18.6 Å². The molecule has 3 rings (SSSR count). The highest BCUT2D eigenvalue weighted by Gasteiger charge is 2.26. The zero-order valence-corrected chi connectivity index (χ0v) is 14.4. The summed E-state index contributed by atoms with van der Waals surface area (Å²) in [7, 11) is -1.89. The molecule has 120 valence electrons. The van der Waals surface area contributed by atoms with E-state index in [1.807, 2.05) is 42.5 Å². The second-order valence-electron chi connectivity index (χ2n) is 5.66. The fourth-order valence-electron chi connectivity index (χ4n) is 2.76. The van der Waals surface area contributed by atoms with Crippen LogP contribution in [0.2, 0.25) is 5.02 Å². The largest absolute Gasteiger partial charge is 0.239 e. The van der Waals surface area contributed by atoms with Gasteiger partial charge in [0.1, 0.15) is 0 Å². The van der Waals surface area contributed by atoms with Crippen LogP contribution in [0.3, 0.4) is 0 Å². The first-order valence-electron chi connectivity index (χ1n) is 7.47. The van der Waals surface area contributed by atoms with Crippen LogP contribution in [0.5, 0.6) is 0 Å². The Morgan fingerprint density at radius 3 is 2.52 bits per heavy atom. The van der Waals surface area contributed by atoms with Gasteiger partial charge in [-0.1, -0.05) is 54.1 Å². The fraction of sp³-hybridized carbons (Fsp3) is 0.222. The molecule has 0 aromatic heterocycles. The Hall–Kier alpha value is -1.62. The van der Waals surface area contributed by atoms with E-state index in [0.717, 1.165) is 17.5 Å². The molecule has 1 aliphatic carbocycles. The van der Waals surface area contributed by atoms with Crippen molar-refractivity contribution in [1.29, 1.82) is 0 Å². The summed E-state index contributed by atoms with van der Waals surface area (Å²) in [5.74, 6) is 0. The maximum Gasteiger partial charge on any atom is 0.239 e. The summed E-state index contributed by atoms with van der Waals surface area (Å²) in [5.41, 5.74) is 2.99. The molecule has 0 bridgehead atoms. The van der Waals surface area contributed by atoms with E-state index >= 15 is 0 Å². The van der Waals surface area contributed by atoms with E-state index in [2.05, 4.69) is 0 Å². The standard InChI is InChI=1S/C18H18ClNO2S/c1-20(13-16-8-4-5-9-18(16)19)23(21,22)17-11-10-14-6-2-3-7-15(14)12-17/h2-9,12H,10-11,13H2,1H3. The van der Waals surface area contributed by atoms with Gasteiger partial charge in [-0.15, -0.1) is 0 Å². The first-order chi connectivity index (χ1) is 11.0. The quantitative estimate of drug-likeness (QED) is 0.835. The third-order valence-electron chi connectivity index (χ3n) is 4.10. The van der Waals surface area contributed by atoms with Gasteiger partial charge in [-0.2, -0.15) is 4.31 Å². The number of sulfonamides is 1. The molecule has 5 heteroatoms. The van der Waals surface area contributed by atoms with Gasteiger partial charge in [0.15, 0.2) is 0 Å². The van der Waals surface area contributed by atoms with Gasteiger partial charge in [-0.25, -0.2) is 8.42 Å². The lowest BCUT2D eigenvalue weighted by molar-refractivity contribution is 0.471. The Balaban J connectivity index is 1.87. The Morgan fingerprint density at radius 1 is 1.04 bits per heavy atom. The van der Waals surface area contributed by atoms with Crippen LogP contribution in [0.4, 0.5) is 0 Å². The van der Waals surface area contributed by atoms with Crippen molar-refractivity contribution in [2.75, 3.05) is 7.05 Å². The third-order valence-corrected chi connectivity index (χ3v) is 6.41. The summed E-state index contributed by atoms with van der Waals surface area (Å²) < 4.78 is 27.0. The first-order valence-corrected chi connectivity index (χ1v) is 9.28. The van der Waals surface area contributed by atoms with Crippen molar-refractivity contribution in [3.63, 3.8) is 0 Å². The SMILES string of the molecule is CN(Cc1ccccc1Cl)S(=O)(=O)C1=Cc2ccccc2CC1. The maximum atomic E-state index is 12.8. The summed E-state index contributed by atoms with van der Waals surface area (Å²) >= 11 is 6.14. The second kappa shape index (κ2) is 6.48. The lowest BCUT2D eigenvalue weighted by atomic mass is 9.98. The molecule has 0 N–H and O–H groups in total. The normalized spacial score (nSPS) is 14.5. The molecule has 23 heavy (non-hydrogen) atoms. The van der Waals surface area contributed by atoms with Gasteiger partial charge in [0.05, 0.1) is 4.91 Å². The molecule has 0 spiro atoms.